The van der Waals surface area contributed by atoms with Gasteiger partial charge in [0.25, 0.3) is 5.91 Å². The summed E-state index contributed by atoms with van der Waals surface area (Å²) in [7, 11) is 3.89. The number of carbonyl (C=O) groups is 1. The van der Waals surface area contributed by atoms with E-state index in [1.807, 2.05) is 43.3 Å². The van der Waals surface area contributed by atoms with Crippen LogP contribution in [0.4, 0.5) is 5.69 Å². The number of rotatable bonds is 2. The van der Waals surface area contributed by atoms with Gasteiger partial charge in [0.05, 0.1) is 6.07 Å². The average molecular weight is 257 g/mol. The first-order valence-electron chi connectivity index (χ1n) is 6.61. The van der Waals surface area contributed by atoms with Gasteiger partial charge in [-0.05, 0) is 37.5 Å². The highest BCUT2D eigenvalue weighted by molar-refractivity contribution is 5.95. The van der Waals surface area contributed by atoms with E-state index in [0.29, 0.717) is 12.1 Å². The second-order valence-electron chi connectivity index (χ2n) is 5.08. The number of amides is 1. The molecule has 0 bridgehead atoms. The van der Waals surface area contributed by atoms with Gasteiger partial charge in [0.2, 0.25) is 0 Å². The highest BCUT2D eigenvalue weighted by atomic mass is 16.2. The number of hydrogen-bond acceptors (Lipinski definition) is 3. The Hall–Kier alpha value is -2.02. The monoisotopic (exact) mass is 257 g/mol. The molecule has 2 rings (SSSR count). The number of carbonyl (C=O) groups excluding carboxylic acids is 1. The van der Waals surface area contributed by atoms with Crippen LogP contribution in [0.2, 0.25) is 0 Å². The molecular formula is C15H19N3O. The van der Waals surface area contributed by atoms with Crippen LogP contribution in [0.5, 0.6) is 0 Å². The second kappa shape index (κ2) is 5.75. The van der Waals surface area contributed by atoms with Crippen LogP contribution in [0.1, 0.15) is 29.6 Å². The van der Waals surface area contributed by atoms with Crippen LogP contribution in [-0.2, 0) is 0 Å². The molecule has 0 radical (unpaired) electrons. The smallest absolute Gasteiger partial charge is 0.255 e. The van der Waals surface area contributed by atoms with E-state index >= 15 is 0 Å². The zero-order valence-corrected chi connectivity index (χ0v) is 11.5. The number of benzene rings is 1. The van der Waals surface area contributed by atoms with Crippen molar-refractivity contribution >= 4 is 11.6 Å². The summed E-state index contributed by atoms with van der Waals surface area (Å²) >= 11 is 0. The first-order chi connectivity index (χ1) is 9.13. The minimum Gasteiger partial charge on any atom is -0.378 e. The first-order valence-corrected chi connectivity index (χ1v) is 6.61. The lowest BCUT2D eigenvalue weighted by atomic mass is 10.0. The molecule has 4 heteroatoms. The molecule has 1 aliphatic rings. The largest absolute Gasteiger partial charge is 0.378 e. The molecule has 1 fully saturated rings. The van der Waals surface area contributed by atoms with E-state index < -0.39 is 0 Å². The van der Waals surface area contributed by atoms with Crippen LogP contribution in [0.3, 0.4) is 0 Å². The van der Waals surface area contributed by atoms with Crippen LogP contribution in [0.15, 0.2) is 24.3 Å². The van der Waals surface area contributed by atoms with Gasteiger partial charge in [0.1, 0.15) is 6.04 Å². The standard InChI is InChI=1S/C15H19N3O/c1-17(2)13-8-5-6-12(10-13)15(19)18-9-4-3-7-14(18)11-16/h5-6,8,10,14H,3-4,7,9H2,1-2H3. The molecule has 1 amide bonds. The Morgan fingerprint density at radius 1 is 1.42 bits per heavy atom. The average Bonchev–Trinajstić information content (AvgIpc) is 2.46. The molecule has 0 saturated carbocycles. The highest BCUT2D eigenvalue weighted by Gasteiger charge is 2.27. The predicted octanol–water partition coefficient (Wildman–Crippen LogP) is 2.27. The van der Waals surface area contributed by atoms with Gasteiger partial charge in [-0.15, -0.1) is 0 Å². The summed E-state index contributed by atoms with van der Waals surface area (Å²) in [6, 6.07) is 9.51. The Bertz CT molecular complexity index is 504. The van der Waals surface area contributed by atoms with Gasteiger partial charge < -0.3 is 9.80 Å². The molecule has 4 nitrogen and oxygen atoms in total. The molecule has 1 atom stereocenters. The molecule has 0 aromatic heterocycles. The van der Waals surface area contributed by atoms with Crippen molar-refractivity contribution in [3.05, 3.63) is 29.8 Å². The minimum absolute atomic E-state index is 0.0325. The van der Waals surface area contributed by atoms with Crippen LogP contribution in [0, 0.1) is 11.3 Å². The highest BCUT2D eigenvalue weighted by Crippen LogP contribution is 2.21. The van der Waals surface area contributed by atoms with Crippen molar-refractivity contribution in [1.82, 2.24) is 4.90 Å². The fraction of sp³-hybridized carbons (Fsp3) is 0.467. The molecule has 1 unspecified atom stereocenters. The molecular weight excluding hydrogens is 238 g/mol. The predicted molar refractivity (Wildman–Crippen MR) is 75.1 cm³/mol. The Morgan fingerprint density at radius 2 is 2.21 bits per heavy atom. The van der Waals surface area contributed by atoms with Gasteiger partial charge in [-0.25, -0.2) is 0 Å². The van der Waals surface area contributed by atoms with E-state index in [-0.39, 0.29) is 11.9 Å². The molecule has 0 N–H and O–H groups in total. The van der Waals surface area contributed by atoms with Crippen molar-refractivity contribution in [1.29, 1.82) is 5.26 Å². The van der Waals surface area contributed by atoms with Gasteiger partial charge in [-0.2, -0.15) is 5.26 Å². The maximum Gasteiger partial charge on any atom is 0.255 e. The van der Waals surface area contributed by atoms with E-state index in [4.69, 9.17) is 5.26 Å². The minimum atomic E-state index is -0.274. The van der Waals surface area contributed by atoms with Gasteiger partial charge in [-0.3, -0.25) is 4.79 Å². The van der Waals surface area contributed by atoms with Crippen LogP contribution < -0.4 is 4.90 Å². The van der Waals surface area contributed by atoms with Crippen molar-refractivity contribution in [3.8, 4) is 6.07 Å². The van der Waals surface area contributed by atoms with Crippen molar-refractivity contribution in [2.45, 2.75) is 25.3 Å². The lowest BCUT2D eigenvalue weighted by Gasteiger charge is -2.31. The number of likely N-dealkylation sites (tertiary alicyclic amines) is 1. The van der Waals surface area contributed by atoms with Gasteiger partial charge >= 0.3 is 0 Å². The fourth-order valence-corrected chi connectivity index (χ4v) is 2.39. The quantitative estimate of drug-likeness (QED) is 0.816. The Morgan fingerprint density at radius 3 is 2.89 bits per heavy atom. The third kappa shape index (κ3) is 2.87. The maximum atomic E-state index is 12.5. The number of piperidine rings is 1. The molecule has 0 spiro atoms. The third-order valence-corrected chi connectivity index (χ3v) is 3.52. The summed E-state index contributed by atoms with van der Waals surface area (Å²) in [4.78, 5) is 16.2. The molecule has 1 aromatic rings. The summed E-state index contributed by atoms with van der Waals surface area (Å²) in [5.74, 6) is -0.0325. The normalized spacial score (nSPS) is 18.8. The Kier molecular flexibility index (Phi) is 4.06. The zero-order chi connectivity index (χ0) is 13.8. The first kappa shape index (κ1) is 13.4. The van der Waals surface area contributed by atoms with Gasteiger partial charge in [0.15, 0.2) is 0 Å². The van der Waals surface area contributed by atoms with Gasteiger partial charge in [-0.1, -0.05) is 6.07 Å². The third-order valence-electron chi connectivity index (χ3n) is 3.52. The van der Waals surface area contributed by atoms with E-state index in [1.165, 1.54) is 0 Å². The molecule has 1 aromatic carbocycles. The van der Waals surface area contributed by atoms with Crippen molar-refractivity contribution in [2.75, 3.05) is 25.5 Å². The fourth-order valence-electron chi connectivity index (χ4n) is 2.39. The maximum absolute atomic E-state index is 12.5. The second-order valence-corrected chi connectivity index (χ2v) is 5.08. The van der Waals surface area contributed by atoms with Gasteiger partial charge in [0, 0.05) is 31.9 Å². The summed E-state index contributed by atoms with van der Waals surface area (Å²) in [5, 5.41) is 9.15. The summed E-state index contributed by atoms with van der Waals surface area (Å²) in [6.07, 6.45) is 2.80. The Labute approximate surface area is 114 Å². The van der Waals surface area contributed by atoms with Crippen LogP contribution in [0.25, 0.3) is 0 Å². The number of hydrogen-bond donors (Lipinski definition) is 0. The topological polar surface area (TPSA) is 47.3 Å². The summed E-state index contributed by atoms with van der Waals surface area (Å²) in [5.41, 5.74) is 1.66. The molecule has 1 heterocycles. The van der Waals surface area contributed by atoms with Crippen LogP contribution in [-0.4, -0.2) is 37.5 Å². The number of nitriles is 1. The number of anilines is 1. The van der Waals surface area contributed by atoms with Crippen LogP contribution >= 0.6 is 0 Å². The van der Waals surface area contributed by atoms with Crippen molar-refractivity contribution in [2.24, 2.45) is 0 Å². The number of nitrogens with zero attached hydrogens (tertiary/aromatic N) is 3. The van der Waals surface area contributed by atoms with E-state index in [2.05, 4.69) is 6.07 Å². The lowest BCUT2D eigenvalue weighted by Crippen LogP contribution is -2.42. The SMILES string of the molecule is CN(C)c1cccc(C(=O)N2CCCCC2C#N)c1. The molecule has 0 aliphatic carbocycles. The molecule has 19 heavy (non-hydrogen) atoms. The Balaban J connectivity index is 2.23. The van der Waals surface area contributed by atoms with Crippen molar-refractivity contribution < 1.29 is 4.79 Å². The van der Waals surface area contributed by atoms with E-state index in [0.717, 1.165) is 24.9 Å². The van der Waals surface area contributed by atoms with Crippen molar-refractivity contribution in [3.63, 3.8) is 0 Å². The van der Waals surface area contributed by atoms with E-state index in [1.54, 1.807) is 4.90 Å². The molecule has 1 aliphatic heterocycles. The zero-order valence-electron chi connectivity index (χ0n) is 11.5. The molecule has 100 valence electrons. The van der Waals surface area contributed by atoms with E-state index in [9.17, 15) is 4.79 Å². The summed E-state index contributed by atoms with van der Waals surface area (Å²) < 4.78 is 0. The lowest BCUT2D eigenvalue weighted by molar-refractivity contribution is 0.0670. The molecule has 1 saturated heterocycles. The summed E-state index contributed by atoms with van der Waals surface area (Å²) in [6.45, 7) is 0.684.